The van der Waals surface area contributed by atoms with Gasteiger partial charge in [0.15, 0.2) is 0 Å². The zero-order valence-corrected chi connectivity index (χ0v) is 12.9. The summed E-state index contributed by atoms with van der Waals surface area (Å²) in [4.78, 5) is 29.4. The van der Waals surface area contributed by atoms with Gasteiger partial charge in [0.25, 0.3) is 0 Å². The number of hydrogen-bond acceptors (Lipinski definition) is 4. The number of rotatable bonds is 6. The molecule has 0 bridgehead atoms. The van der Waals surface area contributed by atoms with E-state index in [0.29, 0.717) is 39.2 Å². The van der Waals surface area contributed by atoms with Gasteiger partial charge in [-0.2, -0.15) is 0 Å². The Morgan fingerprint density at radius 3 is 2.05 bits per heavy atom. The van der Waals surface area contributed by atoms with E-state index < -0.39 is 0 Å². The van der Waals surface area contributed by atoms with E-state index in [1.807, 2.05) is 4.90 Å². The molecule has 0 aromatic rings. The lowest BCUT2D eigenvalue weighted by Crippen LogP contribution is -2.51. The van der Waals surface area contributed by atoms with E-state index in [0.717, 1.165) is 19.6 Å². The van der Waals surface area contributed by atoms with E-state index in [9.17, 15) is 9.59 Å². The second kappa shape index (κ2) is 8.79. The molecule has 20 heavy (non-hydrogen) atoms. The van der Waals surface area contributed by atoms with Crippen LogP contribution in [0.5, 0.6) is 0 Å². The van der Waals surface area contributed by atoms with Crippen molar-refractivity contribution in [1.29, 1.82) is 0 Å². The minimum Gasteiger partial charge on any atom is -0.450 e. The summed E-state index contributed by atoms with van der Waals surface area (Å²) in [5.74, 6) is 0.181. The minimum absolute atomic E-state index is 0.181. The summed E-state index contributed by atoms with van der Waals surface area (Å²) in [7, 11) is 0. The Labute approximate surface area is 121 Å². The summed E-state index contributed by atoms with van der Waals surface area (Å²) < 4.78 is 4.96. The van der Waals surface area contributed by atoms with Gasteiger partial charge >= 0.3 is 6.09 Å². The minimum atomic E-state index is -0.275. The molecular weight excluding hydrogens is 258 g/mol. The molecule has 1 rings (SSSR count). The van der Waals surface area contributed by atoms with Crippen LogP contribution in [0.3, 0.4) is 0 Å². The van der Waals surface area contributed by atoms with Gasteiger partial charge in [-0.3, -0.25) is 4.79 Å². The smallest absolute Gasteiger partial charge is 0.409 e. The maximum absolute atomic E-state index is 12.1. The van der Waals surface area contributed by atoms with E-state index in [2.05, 4.69) is 18.7 Å². The lowest BCUT2D eigenvalue weighted by molar-refractivity contribution is -0.133. The molecular formula is C14H27N3O3. The maximum Gasteiger partial charge on any atom is 0.409 e. The molecule has 1 saturated heterocycles. The molecule has 2 amide bonds. The molecule has 0 atom stereocenters. The van der Waals surface area contributed by atoms with Gasteiger partial charge in [-0.1, -0.05) is 13.8 Å². The van der Waals surface area contributed by atoms with Gasteiger partial charge in [-0.15, -0.1) is 0 Å². The van der Waals surface area contributed by atoms with E-state index in [1.165, 1.54) is 0 Å². The van der Waals surface area contributed by atoms with E-state index in [1.54, 1.807) is 11.8 Å². The molecule has 0 aromatic carbocycles. The molecule has 1 heterocycles. The summed E-state index contributed by atoms with van der Waals surface area (Å²) in [6, 6.07) is 0. The Morgan fingerprint density at radius 1 is 1.00 bits per heavy atom. The Kier molecular flexibility index (Phi) is 7.36. The van der Waals surface area contributed by atoms with Crippen molar-refractivity contribution in [3.8, 4) is 0 Å². The van der Waals surface area contributed by atoms with E-state index >= 15 is 0 Å². The van der Waals surface area contributed by atoms with Crippen molar-refractivity contribution in [1.82, 2.24) is 14.7 Å². The van der Waals surface area contributed by atoms with E-state index in [4.69, 9.17) is 4.74 Å². The van der Waals surface area contributed by atoms with Gasteiger partial charge in [-0.05, 0) is 20.0 Å². The Balaban J connectivity index is 2.30. The summed E-state index contributed by atoms with van der Waals surface area (Å²) in [6.45, 7) is 11.5. The van der Waals surface area contributed by atoms with Crippen LogP contribution in [-0.4, -0.2) is 79.1 Å². The Hall–Kier alpha value is -1.30. The maximum atomic E-state index is 12.1. The second-order valence-electron chi connectivity index (χ2n) is 4.84. The number of carbonyl (C=O) groups excluding carboxylic acids is 2. The molecule has 1 aliphatic heterocycles. The predicted octanol–water partition coefficient (Wildman–Crippen LogP) is 1.02. The van der Waals surface area contributed by atoms with Gasteiger partial charge in [0.05, 0.1) is 6.61 Å². The highest BCUT2D eigenvalue weighted by molar-refractivity contribution is 5.77. The van der Waals surface area contributed by atoms with Crippen LogP contribution >= 0.6 is 0 Å². The number of hydrogen-bond donors (Lipinski definition) is 0. The van der Waals surface area contributed by atoms with Crippen LogP contribution in [0.1, 0.15) is 27.2 Å². The highest BCUT2D eigenvalue weighted by Crippen LogP contribution is 2.06. The highest BCUT2D eigenvalue weighted by atomic mass is 16.6. The third kappa shape index (κ3) is 5.00. The molecule has 6 nitrogen and oxygen atoms in total. The van der Waals surface area contributed by atoms with Crippen molar-refractivity contribution >= 4 is 12.0 Å². The molecule has 1 aliphatic rings. The molecule has 0 spiro atoms. The standard InChI is InChI=1S/C14H27N3O3/c1-4-15(5-2)8-7-13(18)16-9-11-17(12-10-16)14(19)20-6-3/h4-12H2,1-3H3. The number of carbonyl (C=O) groups is 2. The fourth-order valence-corrected chi connectivity index (χ4v) is 2.30. The molecule has 0 aliphatic carbocycles. The summed E-state index contributed by atoms with van der Waals surface area (Å²) in [6.07, 6.45) is 0.281. The van der Waals surface area contributed by atoms with Crippen LogP contribution in [0, 0.1) is 0 Å². The van der Waals surface area contributed by atoms with Crippen LogP contribution in [0.25, 0.3) is 0 Å². The lowest BCUT2D eigenvalue weighted by Gasteiger charge is -2.34. The van der Waals surface area contributed by atoms with Gasteiger partial charge in [0, 0.05) is 39.1 Å². The number of amides is 2. The van der Waals surface area contributed by atoms with Crippen molar-refractivity contribution < 1.29 is 14.3 Å². The fourth-order valence-electron chi connectivity index (χ4n) is 2.30. The van der Waals surface area contributed by atoms with Crippen molar-refractivity contribution in [3.63, 3.8) is 0 Å². The highest BCUT2D eigenvalue weighted by Gasteiger charge is 2.24. The van der Waals surface area contributed by atoms with Crippen LogP contribution in [0.15, 0.2) is 0 Å². The third-order valence-corrected chi connectivity index (χ3v) is 3.69. The van der Waals surface area contributed by atoms with Crippen LogP contribution in [0.2, 0.25) is 0 Å². The van der Waals surface area contributed by atoms with Gasteiger partial charge < -0.3 is 19.4 Å². The summed E-state index contributed by atoms with van der Waals surface area (Å²) in [5, 5.41) is 0. The summed E-state index contributed by atoms with van der Waals surface area (Å²) in [5.41, 5.74) is 0. The van der Waals surface area contributed by atoms with Crippen molar-refractivity contribution in [3.05, 3.63) is 0 Å². The fraction of sp³-hybridized carbons (Fsp3) is 0.857. The van der Waals surface area contributed by atoms with Crippen LogP contribution in [-0.2, 0) is 9.53 Å². The number of piperazine rings is 1. The van der Waals surface area contributed by atoms with Crippen molar-refractivity contribution in [2.45, 2.75) is 27.2 Å². The average molecular weight is 285 g/mol. The first kappa shape index (κ1) is 16.8. The normalized spacial score (nSPS) is 15.6. The molecule has 0 N–H and O–H groups in total. The molecule has 0 aromatic heterocycles. The summed E-state index contributed by atoms with van der Waals surface area (Å²) >= 11 is 0. The van der Waals surface area contributed by atoms with Gasteiger partial charge in [-0.25, -0.2) is 4.79 Å². The molecule has 6 heteroatoms. The quantitative estimate of drug-likeness (QED) is 0.731. The Bertz CT molecular complexity index is 311. The van der Waals surface area contributed by atoms with Crippen molar-refractivity contribution in [2.75, 3.05) is 52.4 Å². The van der Waals surface area contributed by atoms with E-state index in [-0.39, 0.29) is 12.0 Å². The van der Waals surface area contributed by atoms with Crippen LogP contribution < -0.4 is 0 Å². The molecule has 0 unspecified atom stereocenters. The third-order valence-electron chi connectivity index (χ3n) is 3.69. The SMILES string of the molecule is CCOC(=O)N1CCN(C(=O)CCN(CC)CC)CC1. The first-order valence-corrected chi connectivity index (χ1v) is 7.54. The zero-order chi connectivity index (χ0) is 15.0. The van der Waals surface area contributed by atoms with Gasteiger partial charge in [0.2, 0.25) is 5.91 Å². The van der Waals surface area contributed by atoms with Crippen LogP contribution in [0.4, 0.5) is 4.79 Å². The second-order valence-corrected chi connectivity index (χ2v) is 4.84. The first-order chi connectivity index (χ1) is 9.62. The van der Waals surface area contributed by atoms with Gasteiger partial charge in [0.1, 0.15) is 0 Å². The lowest BCUT2D eigenvalue weighted by atomic mass is 10.2. The number of nitrogens with zero attached hydrogens (tertiary/aromatic N) is 3. The topological polar surface area (TPSA) is 53.1 Å². The van der Waals surface area contributed by atoms with Crippen molar-refractivity contribution in [2.24, 2.45) is 0 Å². The number of ether oxygens (including phenoxy) is 1. The molecule has 0 radical (unpaired) electrons. The average Bonchev–Trinajstić information content (AvgIpc) is 2.48. The first-order valence-electron chi connectivity index (χ1n) is 7.54. The zero-order valence-electron chi connectivity index (χ0n) is 12.9. The largest absolute Gasteiger partial charge is 0.450 e. The molecule has 116 valence electrons. The predicted molar refractivity (Wildman–Crippen MR) is 77.6 cm³/mol. The Morgan fingerprint density at radius 2 is 1.55 bits per heavy atom. The molecule has 0 saturated carbocycles. The monoisotopic (exact) mass is 285 g/mol. The molecule has 1 fully saturated rings.